The Morgan fingerprint density at radius 3 is 2.00 bits per heavy atom. The molecule has 0 bridgehead atoms. The fourth-order valence-electron chi connectivity index (χ4n) is 1.75. The van der Waals surface area contributed by atoms with Gasteiger partial charge in [-0.15, -0.1) is 0 Å². The first kappa shape index (κ1) is 15.8. The van der Waals surface area contributed by atoms with Crippen LogP contribution in [0, 0.1) is 0 Å². The summed E-state index contributed by atoms with van der Waals surface area (Å²) in [7, 11) is 0. The number of hydrogen-bond acceptors (Lipinski definition) is 2. The van der Waals surface area contributed by atoms with Crippen LogP contribution in [-0.2, 0) is 0 Å². The largest absolute Gasteiger partial charge is 0.351 e. The highest BCUT2D eigenvalue weighted by Gasteiger charge is 2.26. The van der Waals surface area contributed by atoms with Crippen LogP contribution in [0.2, 0.25) is 10.0 Å². The molecular formula is C14H9BrCl2N2O2. The maximum Gasteiger partial charge on any atom is 0.326 e. The molecule has 2 rings (SSSR count). The molecule has 0 radical (unpaired) electrons. The molecule has 2 aromatic rings. The minimum Gasteiger partial charge on any atom is -0.351 e. The molecule has 0 aliphatic carbocycles. The Morgan fingerprint density at radius 1 is 1.00 bits per heavy atom. The molecule has 7 heteroatoms. The van der Waals surface area contributed by atoms with Crippen LogP contribution >= 0.6 is 39.1 Å². The predicted octanol–water partition coefficient (Wildman–Crippen LogP) is 4.48. The lowest BCUT2D eigenvalue weighted by Gasteiger charge is -2.19. The van der Waals surface area contributed by atoms with E-state index >= 15 is 0 Å². The number of rotatable bonds is 2. The Labute approximate surface area is 139 Å². The second kappa shape index (κ2) is 6.47. The highest BCUT2D eigenvalue weighted by atomic mass is 79.9. The first-order chi connectivity index (χ1) is 9.91. The Hall–Kier alpha value is -1.56. The minimum absolute atomic E-state index is 0.0301. The van der Waals surface area contributed by atoms with E-state index in [4.69, 9.17) is 28.9 Å². The van der Waals surface area contributed by atoms with E-state index in [1.165, 1.54) is 12.1 Å². The number of halogens is 3. The van der Waals surface area contributed by atoms with Crippen LogP contribution in [0.25, 0.3) is 0 Å². The lowest BCUT2D eigenvalue weighted by Crippen LogP contribution is -2.41. The van der Waals surface area contributed by atoms with Gasteiger partial charge >= 0.3 is 6.03 Å². The van der Waals surface area contributed by atoms with Gasteiger partial charge in [0.25, 0.3) is 5.91 Å². The van der Waals surface area contributed by atoms with Gasteiger partial charge in [0.15, 0.2) is 0 Å². The summed E-state index contributed by atoms with van der Waals surface area (Å²) in [5, 5.41) is 0.298. The van der Waals surface area contributed by atoms with Crippen LogP contribution in [-0.4, -0.2) is 11.9 Å². The fourth-order valence-corrected chi connectivity index (χ4v) is 2.57. The maximum atomic E-state index is 12.6. The number of nitrogens with zero attached hydrogens (tertiary/aromatic N) is 1. The number of amides is 3. The number of carbonyl (C=O) groups excluding carboxylic acids is 2. The maximum absolute atomic E-state index is 12.6. The van der Waals surface area contributed by atoms with E-state index in [2.05, 4.69) is 15.9 Å². The van der Waals surface area contributed by atoms with Crippen LogP contribution in [0.3, 0.4) is 0 Å². The van der Waals surface area contributed by atoms with Crippen molar-refractivity contribution in [1.82, 2.24) is 0 Å². The summed E-state index contributed by atoms with van der Waals surface area (Å²) in [4.78, 5) is 25.0. The molecule has 0 saturated carbocycles. The number of urea groups is 1. The van der Waals surface area contributed by atoms with Crippen LogP contribution < -0.4 is 10.6 Å². The van der Waals surface area contributed by atoms with Crippen molar-refractivity contribution in [3.8, 4) is 0 Å². The predicted molar refractivity (Wildman–Crippen MR) is 87.0 cm³/mol. The van der Waals surface area contributed by atoms with Gasteiger partial charge in [0.2, 0.25) is 0 Å². The van der Waals surface area contributed by atoms with Crippen molar-refractivity contribution in [3.05, 3.63) is 62.5 Å². The molecule has 0 aliphatic heterocycles. The van der Waals surface area contributed by atoms with Crippen molar-refractivity contribution < 1.29 is 9.59 Å². The van der Waals surface area contributed by atoms with Crippen molar-refractivity contribution in [2.45, 2.75) is 0 Å². The van der Waals surface area contributed by atoms with Gasteiger partial charge in [-0.25, -0.2) is 9.69 Å². The lowest BCUT2D eigenvalue weighted by molar-refractivity contribution is 0.0995. The van der Waals surface area contributed by atoms with Crippen molar-refractivity contribution in [1.29, 1.82) is 0 Å². The van der Waals surface area contributed by atoms with Gasteiger partial charge in [-0.1, -0.05) is 45.2 Å². The molecular weight excluding hydrogens is 379 g/mol. The second-order valence-electron chi connectivity index (χ2n) is 4.05. The number of anilines is 1. The number of nitrogens with two attached hydrogens (primary N) is 1. The third-order valence-electron chi connectivity index (χ3n) is 2.68. The SMILES string of the molecule is NC(=O)N(C(=O)c1c(Cl)cccc1Cl)c1ccc(Br)cc1. The topological polar surface area (TPSA) is 63.4 Å². The van der Waals surface area contributed by atoms with Crippen molar-refractivity contribution in [3.63, 3.8) is 0 Å². The first-order valence-corrected chi connectivity index (χ1v) is 7.30. The summed E-state index contributed by atoms with van der Waals surface area (Å²) in [6.07, 6.45) is 0. The standard InChI is InChI=1S/C14H9BrCl2N2O2/c15-8-4-6-9(7-5-8)19(14(18)21)13(20)12-10(16)2-1-3-11(12)17/h1-7H,(H2,18,21). The van der Waals surface area contributed by atoms with Gasteiger partial charge in [0.05, 0.1) is 21.3 Å². The average molecular weight is 388 g/mol. The van der Waals surface area contributed by atoms with E-state index in [-0.39, 0.29) is 15.6 Å². The monoisotopic (exact) mass is 386 g/mol. The molecule has 0 heterocycles. The summed E-state index contributed by atoms with van der Waals surface area (Å²) < 4.78 is 0.805. The summed E-state index contributed by atoms with van der Waals surface area (Å²) in [6, 6.07) is 10.3. The third-order valence-corrected chi connectivity index (χ3v) is 3.84. The molecule has 0 unspecified atom stereocenters. The van der Waals surface area contributed by atoms with E-state index in [0.717, 1.165) is 9.37 Å². The summed E-state index contributed by atoms with van der Waals surface area (Å²) in [5.41, 5.74) is 5.67. The van der Waals surface area contributed by atoms with Crippen LogP contribution in [0.5, 0.6) is 0 Å². The normalized spacial score (nSPS) is 10.2. The molecule has 0 aliphatic rings. The molecule has 2 aromatic carbocycles. The van der Waals surface area contributed by atoms with E-state index in [1.807, 2.05) is 0 Å². The first-order valence-electron chi connectivity index (χ1n) is 5.75. The molecule has 108 valence electrons. The van der Waals surface area contributed by atoms with Crippen LogP contribution in [0.4, 0.5) is 10.5 Å². The molecule has 0 saturated heterocycles. The molecule has 3 amide bonds. The van der Waals surface area contributed by atoms with Gasteiger partial charge in [0, 0.05) is 4.47 Å². The Morgan fingerprint density at radius 2 is 1.52 bits per heavy atom. The van der Waals surface area contributed by atoms with Gasteiger partial charge in [-0.2, -0.15) is 0 Å². The molecule has 0 atom stereocenters. The lowest BCUT2D eigenvalue weighted by atomic mass is 10.2. The van der Waals surface area contributed by atoms with Crippen LogP contribution in [0.1, 0.15) is 10.4 Å². The summed E-state index contributed by atoms with van der Waals surface area (Å²) in [6.45, 7) is 0. The Kier molecular flexibility index (Phi) is 4.88. The number of imide groups is 1. The summed E-state index contributed by atoms with van der Waals surface area (Å²) >= 11 is 15.3. The van der Waals surface area contributed by atoms with Gasteiger partial charge < -0.3 is 5.73 Å². The third kappa shape index (κ3) is 3.37. The van der Waals surface area contributed by atoms with E-state index in [1.54, 1.807) is 30.3 Å². The highest BCUT2D eigenvalue weighted by Crippen LogP contribution is 2.28. The van der Waals surface area contributed by atoms with E-state index in [0.29, 0.717) is 5.69 Å². The highest BCUT2D eigenvalue weighted by molar-refractivity contribution is 9.10. The Bertz CT molecular complexity index is 684. The quantitative estimate of drug-likeness (QED) is 0.825. The zero-order valence-electron chi connectivity index (χ0n) is 10.5. The van der Waals surface area contributed by atoms with E-state index < -0.39 is 11.9 Å². The van der Waals surface area contributed by atoms with Gasteiger partial charge in [0.1, 0.15) is 0 Å². The molecule has 21 heavy (non-hydrogen) atoms. The number of benzene rings is 2. The zero-order chi connectivity index (χ0) is 15.6. The fraction of sp³-hybridized carbons (Fsp3) is 0. The zero-order valence-corrected chi connectivity index (χ0v) is 13.6. The molecule has 2 N–H and O–H groups in total. The van der Waals surface area contributed by atoms with Crippen molar-refractivity contribution in [2.24, 2.45) is 5.73 Å². The summed E-state index contributed by atoms with van der Waals surface area (Å²) in [5.74, 6) is -0.680. The second-order valence-corrected chi connectivity index (χ2v) is 5.78. The van der Waals surface area contributed by atoms with Crippen molar-refractivity contribution in [2.75, 3.05) is 4.90 Å². The molecule has 0 fully saturated rings. The molecule has 0 aromatic heterocycles. The molecule has 4 nitrogen and oxygen atoms in total. The smallest absolute Gasteiger partial charge is 0.326 e. The van der Waals surface area contributed by atoms with Crippen LogP contribution in [0.15, 0.2) is 46.9 Å². The Balaban J connectivity index is 2.51. The number of carbonyl (C=O) groups is 2. The number of primary amides is 1. The average Bonchev–Trinajstić information content (AvgIpc) is 2.40. The van der Waals surface area contributed by atoms with E-state index in [9.17, 15) is 9.59 Å². The minimum atomic E-state index is -0.918. The number of hydrogen-bond donors (Lipinski definition) is 1. The molecule has 0 spiro atoms. The van der Waals surface area contributed by atoms with Crippen molar-refractivity contribution >= 4 is 56.8 Å². The van der Waals surface area contributed by atoms with Gasteiger partial charge in [-0.05, 0) is 36.4 Å². The van der Waals surface area contributed by atoms with Gasteiger partial charge in [-0.3, -0.25) is 4.79 Å².